The van der Waals surface area contributed by atoms with Crippen LogP contribution in [0.15, 0.2) is 24.5 Å². The summed E-state index contributed by atoms with van der Waals surface area (Å²) >= 11 is 0. The van der Waals surface area contributed by atoms with Crippen molar-refractivity contribution in [3.63, 3.8) is 0 Å². The minimum absolute atomic E-state index is 0.0916. The smallest absolute Gasteiger partial charge is 0.339 e. The molecule has 13 atom stereocenters. The molecular weight excluding hydrogens is 582 g/mol. The average molecular weight is 638 g/mol. The SMILES string of the molecule is CC(=O)O[C@@H]([C@@H]1C[C@@H](C)[C@H]2[C@H](O1)[C@H](O)[C@@]1(C)[C@@H]3CC[C@H]4C(C)(C)[C@@H](OC(=O)c5cccnc5)CC[C@@]45C[C@@]35CC[C@]21C)C(C)(C)O. The molecule has 0 aromatic carbocycles. The molecule has 0 radical (unpaired) electrons. The first kappa shape index (κ1) is 32.5. The summed E-state index contributed by atoms with van der Waals surface area (Å²) < 4.78 is 18.7. The van der Waals surface area contributed by atoms with Crippen LogP contribution in [0.3, 0.4) is 0 Å². The van der Waals surface area contributed by atoms with Crippen molar-refractivity contribution < 1.29 is 34.0 Å². The van der Waals surface area contributed by atoms with Crippen LogP contribution in [-0.2, 0) is 19.0 Å². The number of hydrogen-bond donors (Lipinski definition) is 2. The lowest BCUT2D eigenvalue weighted by Crippen LogP contribution is -2.60. The van der Waals surface area contributed by atoms with E-state index in [4.69, 9.17) is 14.2 Å². The van der Waals surface area contributed by atoms with Crippen molar-refractivity contribution >= 4 is 11.9 Å². The van der Waals surface area contributed by atoms with E-state index in [2.05, 4.69) is 39.6 Å². The molecule has 5 aliphatic carbocycles. The predicted octanol–water partition coefficient (Wildman–Crippen LogP) is 6.12. The van der Waals surface area contributed by atoms with Gasteiger partial charge in [-0.3, -0.25) is 9.78 Å². The number of fused-ring (bicyclic) bond motifs is 4. The minimum atomic E-state index is -1.27. The normalized spacial score (nSPS) is 47.6. The van der Waals surface area contributed by atoms with Gasteiger partial charge in [-0.05, 0) is 117 Å². The van der Waals surface area contributed by atoms with Crippen molar-refractivity contribution in [3.8, 4) is 0 Å². The number of nitrogens with zero attached hydrogens (tertiary/aromatic N) is 1. The van der Waals surface area contributed by atoms with Gasteiger partial charge in [0.1, 0.15) is 6.10 Å². The number of pyridine rings is 1. The monoisotopic (exact) mass is 637 g/mol. The zero-order valence-corrected chi connectivity index (χ0v) is 29.0. The third-order valence-corrected chi connectivity index (χ3v) is 15.2. The molecule has 6 aliphatic rings. The Kier molecular flexibility index (Phi) is 7.24. The molecule has 8 nitrogen and oxygen atoms in total. The molecule has 0 unspecified atom stereocenters. The van der Waals surface area contributed by atoms with Gasteiger partial charge in [0.25, 0.3) is 0 Å². The molecule has 8 heteroatoms. The van der Waals surface area contributed by atoms with E-state index in [1.54, 1.807) is 38.4 Å². The van der Waals surface area contributed by atoms with E-state index in [1.165, 1.54) is 19.8 Å². The number of hydrogen-bond acceptors (Lipinski definition) is 8. The Bertz CT molecular complexity index is 1390. The number of carbonyl (C=O) groups excluding carboxylic acids is 2. The minimum Gasteiger partial charge on any atom is -0.458 e. The predicted molar refractivity (Wildman–Crippen MR) is 171 cm³/mol. The van der Waals surface area contributed by atoms with E-state index in [1.807, 2.05) is 0 Å². The molecule has 1 aromatic heterocycles. The van der Waals surface area contributed by atoms with Crippen LogP contribution in [0.25, 0.3) is 0 Å². The molecular formula is C38H55NO7. The van der Waals surface area contributed by atoms with Crippen LogP contribution in [-0.4, -0.2) is 63.3 Å². The van der Waals surface area contributed by atoms with Gasteiger partial charge < -0.3 is 24.4 Å². The van der Waals surface area contributed by atoms with Gasteiger partial charge in [-0.1, -0.05) is 34.6 Å². The summed E-state index contributed by atoms with van der Waals surface area (Å²) in [5.74, 6) is 0.551. The van der Waals surface area contributed by atoms with Crippen molar-refractivity contribution in [2.24, 2.45) is 50.7 Å². The van der Waals surface area contributed by atoms with Crippen molar-refractivity contribution in [3.05, 3.63) is 30.1 Å². The van der Waals surface area contributed by atoms with E-state index >= 15 is 0 Å². The highest BCUT2D eigenvalue weighted by atomic mass is 16.6. The fourth-order valence-corrected chi connectivity index (χ4v) is 13.3. The summed E-state index contributed by atoms with van der Waals surface area (Å²) in [6, 6.07) is 3.54. The summed E-state index contributed by atoms with van der Waals surface area (Å²) in [5.41, 5.74) is -0.935. The highest BCUT2D eigenvalue weighted by Gasteiger charge is 2.84. The maximum Gasteiger partial charge on any atom is 0.339 e. The molecule has 2 heterocycles. The Balaban J connectivity index is 1.16. The van der Waals surface area contributed by atoms with Crippen molar-refractivity contribution in [2.45, 2.75) is 143 Å². The van der Waals surface area contributed by atoms with E-state index in [0.29, 0.717) is 23.8 Å². The van der Waals surface area contributed by atoms with Gasteiger partial charge in [0.2, 0.25) is 0 Å². The van der Waals surface area contributed by atoms with E-state index in [9.17, 15) is 19.8 Å². The second-order valence-electron chi connectivity index (χ2n) is 17.9. The molecule has 2 N–H and O–H groups in total. The number of ether oxygens (including phenoxy) is 3. The molecule has 1 aromatic rings. The molecule has 5 saturated carbocycles. The number of esters is 2. The van der Waals surface area contributed by atoms with Crippen LogP contribution in [0.2, 0.25) is 0 Å². The lowest BCUT2D eigenvalue weighted by Gasteiger charge is -2.63. The van der Waals surface area contributed by atoms with Gasteiger partial charge in [0.05, 0.1) is 29.5 Å². The Labute approximate surface area is 274 Å². The number of aliphatic hydroxyl groups excluding tert-OH is 1. The zero-order valence-electron chi connectivity index (χ0n) is 29.0. The number of rotatable bonds is 5. The fourth-order valence-electron chi connectivity index (χ4n) is 13.3. The first-order valence-electron chi connectivity index (χ1n) is 17.8. The fraction of sp³-hybridized carbons (Fsp3) is 0.816. The Morgan fingerprint density at radius 1 is 1.07 bits per heavy atom. The second kappa shape index (κ2) is 10.2. The van der Waals surface area contributed by atoms with E-state index in [0.717, 1.165) is 32.1 Å². The van der Waals surface area contributed by atoms with Crippen LogP contribution in [0.4, 0.5) is 0 Å². The third-order valence-electron chi connectivity index (χ3n) is 15.2. The third kappa shape index (κ3) is 4.17. The largest absolute Gasteiger partial charge is 0.458 e. The lowest BCUT2D eigenvalue weighted by atomic mass is 9.41. The summed E-state index contributed by atoms with van der Waals surface area (Å²) in [6.45, 7) is 16.4. The number of aromatic nitrogens is 1. The van der Waals surface area contributed by atoms with Crippen molar-refractivity contribution in [2.75, 3.05) is 0 Å². The summed E-state index contributed by atoms with van der Waals surface area (Å²) in [6.07, 6.45) is 8.96. The average Bonchev–Trinajstić information content (AvgIpc) is 3.61. The van der Waals surface area contributed by atoms with Crippen LogP contribution < -0.4 is 0 Å². The first-order valence-corrected chi connectivity index (χ1v) is 17.8. The molecule has 1 aliphatic heterocycles. The van der Waals surface area contributed by atoms with Crippen molar-refractivity contribution in [1.29, 1.82) is 0 Å². The van der Waals surface area contributed by atoms with Gasteiger partial charge >= 0.3 is 11.9 Å². The summed E-state index contributed by atoms with van der Waals surface area (Å²) in [4.78, 5) is 29.3. The van der Waals surface area contributed by atoms with Gasteiger partial charge in [0, 0.05) is 30.1 Å². The Hall–Kier alpha value is -2.03. The van der Waals surface area contributed by atoms with Crippen LogP contribution in [0.5, 0.6) is 0 Å². The van der Waals surface area contributed by atoms with Gasteiger partial charge in [-0.15, -0.1) is 0 Å². The molecule has 46 heavy (non-hydrogen) atoms. The molecule has 0 bridgehead atoms. The van der Waals surface area contributed by atoms with Gasteiger partial charge in [-0.2, -0.15) is 0 Å². The van der Waals surface area contributed by atoms with E-state index < -0.39 is 29.9 Å². The molecule has 254 valence electrons. The highest BCUT2D eigenvalue weighted by molar-refractivity contribution is 5.89. The van der Waals surface area contributed by atoms with Crippen molar-refractivity contribution in [1.82, 2.24) is 4.98 Å². The number of aliphatic hydroxyl groups is 2. The standard InChI is InChI=1S/C38H55NO7/c1-21-18-24(31(34(5,6)43)44-22(2)40)45-29-28(21)35(7)15-16-38-20-37(38)14-13-27(46-32(42)23-10-9-17-39-19-23)33(3,4)25(37)11-12-26(38)36(35,8)30(29)41/h9-10,17,19,21,24-31,41,43H,11-16,18,20H2,1-8H3/t21-,24+,25+,26+,27+,28+,29+,30+,31+,35-,36-,37-,38+/m1/s1. The second-order valence-corrected chi connectivity index (χ2v) is 17.9. The Morgan fingerprint density at radius 3 is 2.41 bits per heavy atom. The number of carbonyl (C=O) groups is 2. The van der Waals surface area contributed by atoms with Crippen LogP contribution >= 0.6 is 0 Å². The molecule has 1 saturated heterocycles. The maximum atomic E-state index is 13.1. The first-order chi connectivity index (χ1) is 21.4. The highest BCUT2D eigenvalue weighted by Crippen LogP contribution is 2.89. The molecule has 7 rings (SSSR count). The lowest BCUT2D eigenvalue weighted by molar-refractivity contribution is -0.216. The summed E-state index contributed by atoms with van der Waals surface area (Å²) in [5, 5.41) is 23.5. The quantitative estimate of drug-likeness (QED) is 0.371. The van der Waals surface area contributed by atoms with Crippen LogP contribution in [0.1, 0.15) is 117 Å². The Morgan fingerprint density at radius 2 is 1.76 bits per heavy atom. The topological polar surface area (TPSA) is 115 Å². The molecule has 2 spiro atoms. The molecule has 0 amide bonds. The van der Waals surface area contributed by atoms with E-state index in [-0.39, 0.29) is 57.1 Å². The zero-order chi connectivity index (χ0) is 33.2. The van der Waals surface area contributed by atoms with Gasteiger partial charge in [0.15, 0.2) is 6.10 Å². The van der Waals surface area contributed by atoms with Crippen LogP contribution in [0, 0.1) is 50.7 Å². The summed E-state index contributed by atoms with van der Waals surface area (Å²) in [7, 11) is 0. The maximum absolute atomic E-state index is 13.1. The van der Waals surface area contributed by atoms with Gasteiger partial charge in [-0.25, -0.2) is 4.79 Å². The molecule has 6 fully saturated rings.